The number of nitrogen functional groups attached to an aromatic ring is 1. The Kier molecular flexibility index (Phi) is 4.52. The average Bonchev–Trinajstić information content (AvgIpc) is 2.47. The standard InChI is InChI=1S/C13H20N2O4S/c1-15(10-5-7-19-8-6-10)20(16,17)11-3-4-12(14)13(9-11)18-2/h3-4,9-10H,5-8,14H2,1-2H3. The van der Waals surface area contributed by atoms with E-state index < -0.39 is 10.0 Å². The van der Waals surface area contributed by atoms with E-state index in [0.717, 1.165) is 0 Å². The molecule has 0 aromatic heterocycles. The summed E-state index contributed by atoms with van der Waals surface area (Å²) in [5, 5.41) is 0. The molecule has 0 radical (unpaired) electrons. The summed E-state index contributed by atoms with van der Waals surface area (Å²) in [5.41, 5.74) is 6.13. The van der Waals surface area contributed by atoms with Crippen LogP contribution in [-0.4, -0.2) is 46.1 Å². The molecule has 1 aliphatic rings. The van der Waals surface area contributed by atoms with Crippen LogP contribution >= 0.6 is 0 Å². The summed E-state index contributed by atoms with van der Waals surface area (Å²) in [5.74, 6) is 0.367. The predicted octanol–water partition coefficient (Wildman–Crippen LogP) is 1.08. The molecule has 112 valence electrons. The number of anilines is 1. The van der Waals surface area contributed by atoms with Crippen molar-refractivity contribution in [2.45, 2.75) is 23.8 Å². The molecule has 0 amide bonds. The molecule has 1 aromatic rings. The molecular weight excluding hydrogens is 280 g/mol. The number of hydrogen-bond acceptors (Lipinski definition) is 5. The zero-order valence-electron chi connectivity index (χ0n) is 11.7. The first-order chi connectivity index (χ1) is 9.46. The fourth-order valence-electron chi connectivity index (χ4n) is 2.26. The van der Waals surface area contributed by atoms with E-state index in [0.29, 0.717) is 37.5 Å². The Labute approximate surface area is 119 Å². The van der Waals surface area contributed by atoms with E-state index in [1.54, 1.807) is 13.1 Å². The van der Waals surface area contributed by atoms with Crippen LogP contribution in [0.3, 0.4) is 0 Å². The van der Waals surface area contributed by atoms with Crippen LogP contribution in [-0.2, 0) is 14.8 Å². The molecule has 0 unspecified atom stereocenters. The highest BCUT2D eigenvalue weighted by molar-refractivity contribution is 7.89. The second-order valence-corrected chi connectivity index (χ2v) is 6.77. The number of methoxy groups -OCH3 is 1. The summed E-state index contributed by atoms with van der Waals surface area (Å²) in [6, 6.07) is 4.48. The molecule has 0 saturated carbocycles. The van der Waals surface area contributed by atoms with Gasteiger partial charge in [0.1, 0.15) is 5.75 Å². The predicted molar refractivity (Wildman–Crippen MR) is 76.2 cm³/mol. The van der Waals surface area contributed by atoms with Gasteiger partial charge in [-0.05, 0) is 25.0 Å². The van der Waals surface area contributed by atoms with E-state index >= 15 is 0 Å². The van der Waals surface area contributed by atoms with Gasteiger partial charge in [0.2, 0.25) is 10.0 Å². The van der Waals surface area contributed by atoms with Gasteiger partial charge >= 0.3 is 0 Å². The summed E-state index contributed by atoms with van der Waals surface area (Å²) >= 11 is 0. The van der Waals surface area contributed by atoms with Crippen molar-refractivity contribution in [2.24, 2.45) is 0 Å². The lowest BCUT2D eigenvalue weighted by molar-refractivity contribution is 0.0632. The van der Waals surface area contributed by atoms with Gasteiger partial charge in [-0.15, -0.1) is 0 Å². The highest BCUT2D eigenvalue weighted by atomic mass is 32.2. The quantitative estimate of drug-likeness (QED) is 0.841. The molecule has 6 nitrogen and oxygen atoms in total. The Morgan fingerprint density at radius 2 is 2.00 bits per heavy atom. The number of ether oxygens (including phenoxy) is 2. The third kappa shape index (κ3) is 2.89. The Balaban J connectivity index is 2.29. The van der Waals surface area contributed by atoms with Crippen LogP contribution in [0, 0.1) is 0 Å². The van der Waals surface area contributed by atoms with Crippen LogP contribution in [0.15, 0.2) is 23.1 Å². The molecule has 1 aromatic carbocycles. The van der Waals surface area contributed by atoms with Crippen LogP contribution in [0.5, 0.6) is 5.75 Å². The van der Waals surface area contributed by atoms with E-state index in [1.165, 1.54) is 23.5 Å². The third-order valence-corrected chi connectivity index (χ3v) is 5.49. The minimum Gasteiger partial charge on any atom is -0.495 e. The van der Waals surface area contributed by atoms with E-state index in [2.05, 4.69) is 0 Å². The van der Waals surface area contributed by atoms with E-state index in [1.807, 2.05) is 0 Å². The largest absolute Gasteiger partial charge is 0.495 e. The molecule has 0 aliphatic carbocycles. The van der Waals surface area contributed by atoms with Gasteiger partial charge in [-0.25, -0.2) is 8.42 Å². The van der Waals surface area contributed by atoms with Crippen molar-refractivity contribution < 1.29 is 17.9 Å². The summed E-state index contributed by atoms with van der Waals surface area (Å²) in [6.07, 6.45) is 1.42. The van der Waals surface area contributed by atoms with Crippen molar-refractivity contribution >= 4 is 15.7 Å². The Morgan fingerprint density at radius 3 is 2.60 bits per heavy atom. The first kappa shape index (κ1) is 15.1. The minimum atomic E-state index is -3.55. The summed E-state index contributed by atoms with van der Waals surface area (Å²) in [4.78, 5) is 0.192. The molecule has 0 spiro atoms. The smallest absolute Gasteiger partial charge is 0.243 e. The van der Waals surface area contributed by atoms with Crippen molar-refractivity contribution in [3.05, 3.63) is 18.2 Å². The van der Waals surface area contributed by atoms with Crippen LogP contribution in [0.2, 0.25) is 0 Å². The van der Waals surface area contributed by atoms with Crippen molar-refractivity contribution in [3.63, 3.8) is 0 Å². The van der Waals surface area contributed by atoms with Crippen molar-refractivity contribution in [3.8, 4) is 5.75 Å². The molecule has 20 heavy (non-hydrogen) atoms. The van der Waals surface area contributed by atoms with Gasteiger partial charge in [-0.1, -0.05) is 0 Å². The topological polar surface area (TPSA) is 81.9 Å². The maximum atomic E-state index is 12.6. The van der Waals surface area contributed by atoms with Crippen LogP contribution in [0.25, 0.3) is 0 Å². The molecule has 1 heterocycles. The van der Waals surface area contributed by atoms with Gasteiger partial charge in [-0.2, -0.15) is 4.31 Å². The number of benzene rings is 1. The van der Waals surface area contributed by atoms with Gasteiger partial charge in [0, 0.05) is 32.4 Å². The monoisotopic (exact) mass is 300 g/mol. The van der Waals surface area contributed by atoms with Crippen LogP contribution in [0.4, 0.5) is 5.69 Å². The fraction of sp³-hybridized carbons (Fsp3) is 0.538. The molecule has 0 bridgehead atoms. The van der Waals surface area contributed by atoms with Gasteiger partial charge in [-0.3, -0.25) is 0 Å². The zero-order valence-corrected chi connectivity index (χ0v) is 12.5. The lowest BCUT2D eigenvalue weighted by Gasteiger charge is -2.30. The molecule has 7 heteroatoms. The Bertz CT molecular complexity index is 568. The Hall–Kier alpha value is -1.31. The SMILES string of the molecule is COc1cc(S(=O)(=O)N(C)C2CCOCC2)ccc1N. The zero-order chi connectivity index (χ0) is 14.8. The van der Waals surface area contributed by atoms with E-state index in [4.69, 9.17) is 15.2 Å². The Morgan fingerprint density at radius 1 is 1.35 bits per heavy atom. The van der Waals surface area contributed by atoms with Gasteiger partial charge in [0.15, 0.2) is 0 Å². The lowest BCUT2D eigenvalue weighted by Crippen LogP contribution is -2.40. The number of rotatable bonds is 4. The number of nitrogens with two attached hydrogens (primary N) is 1. The molecule has 1 fully saturated rings. The summed E-state index contributed by atoms with van der Waals surface area (Å²) in [6.45, 7) is 1.19. The van der Waals surface area contributed by atoms with E-state index in [9.17, 15) is 8.42 Å². The third-order valence-electron chi connectivity index (χ3n) is 3.59. The van der Waals surface area contributed by atoms with E-state index in [-0.39, 0.29) is 10.9 Å². The number of sulfonamides is 1. The van der Waals surface area contributed by atoms with Gasteiger partial charge < -0.3 is 15.2 Å². The summed E-state index contributed by atoms with van der Waals surface area (Å²) in [7, 11) is -0.478. The normalized spacial score (nSPS) is 17.4. The maximum absolute atomic E-state index is 12.6. The highest BCUT2D eigenvalue weighted by Crippen LogP contribution is 2.28. The first-order valence-corrected chi connectivity index (χ1v) is 7.90. The molecular formula is C13H20N2O4S. The van der Waals surface area contributed by atoms with Gasteiger partial charge in [0.05, 0.1) is 17.7 Å². The molecule has 2 rings (SSSR count). The summed E-state index contributed by atoms with van der Waals surface area (Å²) < 4.78 is 37.0. The first-order valence-electron chi connectivity index (χ1n) is 6.46. The van der Waals surface area contributed by atoms with Crippen molar-refractivity contribution in [1.82, 2.24) is 4.31 Å². The molecule has 1 aliphatic heterocycles. The number of nitrogens with zero attached hydrogens (tertiary/aromatic N) is 1. The number of hydrogen-bond donors (Lipinski definition) is 1. The second-order valence-electron chi connectivity index (χ2n) is 4.77. The van der Waals surface area contributed by atoms with Crippen molar-refractivity contribution in [2.75, 3.05) is 33.1 Å². The maximum Gasteiger partial charge on any atom is 0.243 e. The average molecular weight is 300 g/mol. The fourth-order valence-corrected chi connectivity index (χ4v) is 3.70. The van der Waals surface area contributed by atoms with Crippen LogP contribution in [0.1, 0.15) is 12.8 Å². The molecule has 1 saturated heterocycles. The van der Waals surface area contributed by atoms with Crippen molar-refractivity contribution in [1.29, 1.82) is 0 Å². The highest BCUT2D eigenvalue weighted by Gasteiger charge is 2.29. The lowest BCUT2D eigenvalue weighted by atomic mass is 10.1. The molecule has 2 N–H and O–H groups in total. The minimum absolute atomic E-state index is 0.0303. The van der Waals surface area contributed by atoms with Crippen LogP contribution < -0.4 is 10.5 Å². The second kappa shape index (κ2) is 5.99. The van der Waals surface area contributed by atoms with Gasteiger partial charge in [0.25, 0.3) is 0 Å². The molecule has 0 atom stereocenters.